The molecular formula is C52H48Hf. The van der Waals surface area contributed by atoms with E-state index in [1.165, 1.54) is 119 Å². The van der Waals surface area contributed by atoms with Crippen molar-refractivity contribution in [1.82, 2.24) is 0 Å². The van der Waals surface area contributed by atoms with E-state index in [4.69, 9.17) is 0 Å². The van der Waals surface area contributed by atoms with Gasteiger partial charge < -0.3 is 14.9 Å². The predicted octanol–water partition coefficient (Wildman–Crippen LogP) is 14.7. The van der Waals surface area contributed by atoms with Crippen LogP contribution in [0.15, 0.2) is 146 Å². The molecule has 260 valence electrons. The zero-order chi connectivity index (χ0) is 34.0. The van der Waals surface area contributed by atoms with E-state index < -0.39 is 0 Å². The Labute approximate surface area is 336 Å². The summed E-state index contributed by atoms with van der Waals surface area (Å²) in [5.41, 5.74) is 18.8. The summed E-state index contributed by atoms with van der Waals surface area (Å²) in [4.78, 5) is 0. The molecule has 0 saturated heterocycles. The van der Waals surface area contributed by atoms with Crippen molar-refractivity contribution in [1.29, 1.82) is 0 Å². The van der Waals surface area contributed by atoms with E-state index in [1.807, 2.05) is 0 Å². The molecule has 0 unspecified atom stereocenters. The van der Waals surface area contributed by atoms with Crippen LogP contribution in [0.3, 0.4) is 0 Å². The Morgan fingerprint density at radius 1 is 0.415 bits per heavy atom. The van der Waals surface area contributed by atoms with Crippen molar-refractivity contribution in [3.63, 3.8) is 0 Å². The average Bonchev–Trinajstić information content (AvgIpc) is 3.73. The summed E-state index contributed by atoms with van der Waals surface area (Å²) < 4.78 is 0. The normalized spacial score (nSPS) is 13.1. The van der Waals surface area contributed by atoms with Crippen molar-refractivity contribution in [3.8, 4) is 44.5 Å². The Balaban J connectivity index is 0.00000160. The Bertz CT molecular complexity index is 2350. The fraction of sp³-hybridized carbons (Fsp3) is 0.154. The van der Waals surface area contributed by atoms with Crippen molar-refractivity contribution < 1.29 is 25.8 Å². The molecule has 0 radical (unpaired) electrons. The number of rotatable bonds is 6. The van der Waals surface area contributed by atoms with Gasteiger partial charge in [0.1, 0.15) is 0 Å². The van der Waals surface area contributed by atoms with Crippen LogP contribution in [0.4, 0.5) is 0 Å². The van der Waals surface area contributed by atoms with E-state index in [9.17, 15) is 0 Å². The molecule has 0 atom stereocenters. The van der Waals surface area contributed by atoms with Crippen LogP contribution in [0, 0.1) is 42.5 Å². The van der Waals surface area contributed by atoms with Gasteiger partial charge in [-0.3, -0.25) is 0 Å². The van der Waals surface area contributed by atoms with Crippen molar-refractivity contribution in [2.24, 2.45) is 0 Å². The molecule has 0 heterocycles. The first-order chi connectivity index (χ1) is 24.4. The molecule has 0 aliphatic heterocycles. The van der Waals surface area contributed by atoms with Crippen LogP contribution in [-0.2, 0) is 31.3 Å². The molecule has 0 spiro atoms. The largest absolute Gasteiger partial charge is 4.00 e. The average molecular weight is 851 g/mol. The summed E-state index contributed by atoms with van der Waals surface area (Å²) in [6, 6.07) is 55.0. The van der Waals surface area contributed by atoms with Crippen LogP contribution < -0.4 is 0 Å². The van der Waals surface area contributed by atoms with E-state index >= 15 is 0 Å². The molecule has 1 saturated carbocycles. The third-order valence-corrected chi connectivity index (χ3v) is 11.7. The van der Waals surface area contributed by atoms with Gasteiger partial charge in [0, 0.05) is 0 Å². The van der Waals surface area contributed by atoms with Gasteiger partial charge in [0.2, 0.25) is 0 Å². The summed E-state index contributed by atoms with van der Waals surface area (Å²) in [7, 11) is 0. The smallest absolute Gasteiger partial charge is 0.358 e. The third-order valence-electron chi connectivity index (χ3n) is 11.7. The monoisotopic (exact) mass is 852 g/mol. The number of hydrogen-bond donors (Lipinski definition) is 0. The molecule has 0 N–H and O–H groups in total. The molecule has 0 aromatic heterocycles. The van der Waals surface area contributed by atoms with Gasteiger partial charge >= 0.3 is 25.8 Å². The van der Waals surface area contributed by atoms with Gasteiger partial charge in [0.05, 0.1) is 0 Å². The third kappa shape index (κ3) is 6.22. The first-order valence-electron chi connectivity index (χ1n) is 18.1. The van der Waals surface area contributed by atoms with Crippen LogP contribution in [0.5, 0.6) is 0 Å². The quantitative estimate of drug-likeness (QED) is 0.115. The molecule has 1 aliphatic rings. The maximum atomic E-state index is 2.53. The molecule has 0 nitrogen and oxygen atoms in total. The summed E-state index contributed by atoms with van der Waals surface area (Å²) in [5.74, 6) is 0. The molecule has 8 aromatic carbocycles. The zero-order valence-corrected chi connectivity index (χ0v) is 35.6. The fourth-order valence-electron chi connectivity index (χ4n) is 9.12. The van der Waals surface area contributed by atoms with Crippen LogP contribution >= 0.6 is 0 Å². The van der Waals surface area contributed by atoms with Gasteiger partial charge in [-0.2, -0.15) is 12.1 Å². The predicted molar refractivity (Wildman–Crippen MR) is 227 cm³/mol. The molecule has 53 heavy (non-hydrogen) atoms. The van der Waals surface area contributed by atoms with Crippen LogP contribution in [-0.4, -0.2) is 0 Å². The molecule has 0 bridgehead atoms. The van der Waals surface area contributed by atoms with Crippen molar-refractivity contribution in [2.45, 2.75) is 52.4 Å². The number of fused-ring (bicyclic) bond motifs is 2. The molecule has 0 amide bonds. The minimum absolute atomic E-state index is 0. The summed E-state index contributed by atoms with van der Waals surface area (Å²) in [6.07, 6.45) is 3.62. The second kappa shape index (κ2) is 15.0. The first kappa shape index (κ1) is 38.1. The van der Waals surface area contributed by atoms with E-state index in [1.54, 1.807) is 0 Å². The molecular weight excluding hydrogens is 803 g/mol. The van der Waals surface area contributed by atoms with Crippen molar-refractivity contribution in [2.75, 3.05) is 0 Å². The van der Waals surface area contributed by atoms with Gasteiger partial charge in [0.15, 0.2) is 0 Å². The van der Waals surface area contributed by atoms with E-state index in [2.05, 4.69) is 173 Å². The van der Waals surface area contributed by atoms with E-state index in [0.717, 1.165) is 0 Å². The van der Waals surface area contributed by atoms with Gasteiger partial charge in [-0.1, -0.05) is 115 Å². The number of aryl methyl sites for hydroxylation is 4. The van der Waals surface area contributed by atoms with Crippen molar-refractivity contribution in [3.05, 3.63) is 194 Å². The van der Waals surface area contributed by atoms with Gasteiger partial charge in [-0.15, -0.1) is 69.1 Å². The number of hydrogen-bond acceptors (Lipinski definition) is 0. The summed E-state index contributed by atoms with van der Waals surface area (Å²) in [5, 5.41) is 5.37. The minimum atomic E-state index is 0. The van der Waals surface area contributed by atoms with Crippen LogP contribution in [0.1, 0.15) is 52.6 Å². The second-order valence-corrected chi connectivity index (χ2v) is 14.7. The van der Waals surface area contributed by atoms with Gasteiger partial charge in [-0.25, -0.2) is 0 Å². The SMILES string of the molecule is Cc1cccc(C)c1-c1ccccc1-c1cccc2[cH-]c(C3(c4cc5c(-c6ccccc6-c6c(C)cccc6C)cccc5[cH-]4)CCC3)cc12.[CH3-].[CH3-].[Hf+4]. The zero-order valence-electron chi connectivity index (χ0n) is 32.0. The first-order valence-corrected chi connectivity index (χ1v) is 18.1. The second-order valence-electron chi connectivity index (χ2n) is 14.7. The molecule has 1 heteroatoms. The topological polar surface area (TPSA) is 0 Å². The molecule has 1 aliphatic carbocycles. The van der Waals surface area contributed by atoms with E-state index in [-0.39, 0.29) is 46.1 Å². The van der Waals surface area contributed by atoms with Gasteiger partial charge in [-0.05, 0) is 102 Å². The fourth-order valence-corrected chi connectivity index (χ4v) is 9.12. The Hall–Kier alpha value is -4.59. The Kier molecular flexibility index (Phi) is 10.8. The van der Waals surface area contributed by atoms with E-state index in [0.29, 0.717) is 0 Å². The molecule has 1 fully saturated rings. The summed E-state index contributed by atoms with van der Waals surface area (Å²) in [6.45, 7) is 8.94. The minimum Gasteiger partial charge on any atom is -0.358 e. The Morgan fingerprint density at radius 3 is 1.11 bits per heavy atom. The maximum absolute atomic E-state index is 2.53. The van der Waals surface area contributed by atoms with Gasteiger partial charge in [0.25, 0.3) is 0 Å². The molecule has 9 rings (SSSR count). The number of benzene rings is 6. The molecule has 8 aromatic rings. The van der Waals surface area contributed by atoms with Crippen LogP contribution in [0.2, 0.25) is 0 Å². The standard InChI is InChI=1S/C50H42.2CH3.Hf/c1-32-14-9-15-33(2)48(32)44-22-7-5-20-40(44)42-24-11-18-36-28-38(30-46(36)42)50(26-13-27-50)39-29-37-19-12-25-43(47(37)31-39)41-21-6-8-23-45(41)49-34(3)16-10-17-35(49)4;;;/h5-12,14-25,28-31H,13,26-27H2,1-4H3;2*1H3;/q-2;2*-1;+4. The Morgan fingerprint density at radius 2 is 0.755 bits per heavy atom. The van der Waals surface area contributed by atoms with Crippen LogP contribution in [0.25, 0.3) is 66.1 Å². The van der Waals surface area contributed by atoms with Crippen molar-refractivity contribution >= 4 is 21.5 Å². The summed E-state index contributed by atoms with van der Waals surface area (Å²) >= 11 is 0. The maximum Gasteiger partial charge on any atom is 4.00 e.